The third kappa shape index (κ3) is 3.70. The highest BCUT2D eigenvalue weighted by atomic mass is 16.5. The van der Waals surface area contributed by atoms with Crippen molar-refractivity contribution in [2.45, 2.75) is 19.8 Å². The number of nitrogens with zero attached hydrogens (tertiary/aromatic N) is 1. The van der Waals surface area contributed by atoms with Crippen LogP contribution in [0, 0.1) is 5.92 Å². The third-order valence-corrected chi connectivity index (χ3v) is 3.54. The molecule has 4 heteroatoms. The standard InChI is InChI=1S/C15H22N2O2/c1-12-5-8-17(9-6-12)15(18)13-3-2-4-14(11-13)19-10-7-16/h2-4,11-12H,5-10,16H2,1H3. The van der Waals surface area contributed by atoms with Gasteiger partial charge in [0.05, 0.1) is 0 Å². The maximum atomic E-state index is 12.4. The molecule has 0 atom stereocenters. The second-order valence-corrected chi connectivity index (χ2v) is 5.14. The van der Waals surface area contributed by atoms with Gasteiger partial charge in [-0.25, -0.2) is 0 Å². The molecule has 1 aliphatic heterocycles. The third-order valence-electron chi connectivity index (χ3n) is 3.54. The highest BCUT2D eigenvalue weighted by molar-refractivity contribution is 5.94. The molecular weight excluding hydrogens is 240 g/mol. The molecule has 104 valence electrons. The van der Waals surface area contributed by atoms with E-state index in [1.165, 1.54) is 0 Å². The summed E-state index contributed by atoms with van der Waals surface area (Å²) in [5, 5.41) is 0. The number of rotatable bonds is 4. The Kier molecular flexibility index (Phi) is 4.80. The first-order chi connectivity index (χ1) is 9.20. The lowest BCUT2D eigenvalue weighted by Crippen LogP contribution is -2.37. The summed E-state index contributed by atoms with van der Waals surface area (Å²) in [5.41, 5.74) is 6.10. The van der Waals surface area contributed by atoms with E-state index in [1.807, 2.05) is 23.1 Å². The smallest absolute Gasteiger partial charge is 0.253 e. The molecule has 0 aliphatic carbocycles. The maximum Gasteiger partial charge on any atom is 0.253 e. The van der Waals surface area contributed by atoms with Crippen LogP contribution in [0.1, 0.15) is 30.1 Å². The van der Waals surface area contributed by atoms with Crippen LogP contribution in [0.5, 0.6) is 5.75 Å². The molecule has 4 nitrogen and oxygen atoms in total. The molecule has 1 aliphatic rings. The molecular formula is C15H22N2O2. The number of hydrogen-bond acceptors (Lipinski definition) is 3. The van der Waals surface area contributed by atoms with Gasteiger partial charge in [0.15, 0.2) is 0 Å². The van der Waals surface area contributed by atoms with Crippen LogP contribution in [-0.2, 0) is 0 Å². The second-order valence-electron chi connectivity index (χ2n) is 5.14. The van der Waals surface area contributed by atoms with E-state index in [2.05, 4.69) is 6.92 Å². The van der Waals surface area contributed by atoms with Crippen molar-refractivity contribution < 1.29 is 9.53 Å². The lowest BCUT2D eigenvalue weighted by molar-refractivity contribution is 0.0697. The molecule has 19 heavy (non-hydrogen) atoms. The summed E-state index contributed by atoms with van der Waals surface area (Å²) in [4.78, 5) is 14.3. The van der Waals surface area contributed by atoms with Crippen molar-refractivity contribution in [2.75, 3.05) is 26.2 Å². The van der Waals surface area contributed by atoms with Crippen LogP contribution in [0.15, 0.2) is 24.3 Å². The van der Waals surface area contributed by atoms with Crippen molar-refractivity contribution in [3.05, 3.63) is 29.8 Å². The van der Waals surface area contributed by atoms with Crippen molar-refractivity contribution in [2.24, 2.45) is 11.7 Å². The first kappa shape index (κ1) is 13.9. The second kappa shape index (κ2) is 6.57. The largest absolute Gasteiger partial charge is 0.492 e. The summed E-state index contributed by atoms with van der Waals surface area (Å²) >= 11 is 0. The van der Waals surface area contributed by atoms with E-state index in [1.54, 1.807) is 6.07 Å². The first-order valence-electron chi connectivity index (χ1n) is 6.93. The van der Waals surface area contributed by atoms with E-state index >= 15 is 0 Å². The van der Waals surface area contributed by atoms with Gasteiger partial charge in [-0.2, -0.15) is 0 Å². The SMILES string of the molecule is CC1CCN(C(=O)c2cccc(OCCN)c2)CC1. The van der Waals surface area contributed by atoms with E-state index in [9.17, 15) is 4.79 Å². The van der Waals surface area contributed by atoms with Crippen LogP contribution in [0.3, 0.4) is 0 Å². The van der Waals surface area contributed by atoms with Gasteiger partial charge < -0.3 is 15.4 Å². The number of carbonyl (C=O) groups is 1. The fourth-order valence-corrected chi connectivity index (χ4v) is 2.29. The molecule has 1 saturated heterocycles. The van der Waals surface area contributed by atoms with Crippen molar-refractivity contribution >= 4 is 5.91 Å². The van der Waals surface area contributed by atoms with Gasteiger partial charge in [0.1, 0.15) is 12.4 Å². The summed E-state index contributed by atoms with van der Waals surface area (Å²) in [6.45, 7) is 4.89. The fourth-order valence-electron chi connectivity index (χ4n) is 2.29. The van der Waals surface area contributed by atoms with Crippen molar-refractivity contribution in [3.63, 3.8) is 0 Å². The Bertz CT molecular complexity index is 426. The molecule has 0 saturated carbocycles. The quantitative estimate of drug-likeness (QED) is 0.901. The van der Waals surface area contributed by atoms with E-state index in [0.29, 0.717) is 24.5 Å². The number of piperidine rings is 1. The minimum Gasteiger partial charge on any atom is -0.492 e. The highest BCUT2D eigenvalue weighted by Crippen LogP contribution is 2.20. The molecule has 1 fully saturated rings. The molecule has 0 spiro atoms. The summed E-state index contributed by atoms with van der Waals surface area (Å²) in [5.74, 6) is 1.54. The zero-order valence-electron chi connectivity index (χ0n) is 11.5. The minimum atomic E-state index is 0.102. The van der Waals surface area contributed by atoms with Gasteiger partial charge in [-0.3, -0.25) is 4.79 Å². The van der Waals surface area contributed by atoms with Crippen LogP contribution in [0.25, 0.3) is 0 Å². The molecule has 1 amide bonds. The molecule has 2 rings (SSSR count). The monoisotopic (exact) mass is 262 g/mol. The van der Waals surface area contributed by atoms with Crippen LogP contribution in [0.2, 0.25) is 0 Å². The normalized spacial score (nSPS) is 16.4. The average molecular weight is 262 g/mol. The lowest BCUT2D eigenvalue weighted by Gasteiger charge is -2.30. The van der Waals surface area contributed by atoms with Crippen LogP contribution >= 0.6 is 0 Å². The zero-order chi connectivity index (χ0) is 13.7. The molecule has 2 N–H and O–H groups in total. The predicted octanol–water partition coefficient (Wildman–Crippen LogP) is 1.90. The molecule has 0 aromatic heterocycles. The van der Waals surface area contributed by atoms with Crippen LogP contribution in [0.4, 0.5) is 0 Å². The number of hydrogen-bond donors (Lipinski definition) is 1. The number of likely N-dealkylation sites (tertiary alicyclic amines) is 1. The van der Waals surface area contributed by atoms with E-state index < -0.39 is 0 Å². The molecule has 0 radical (unpaired) electrons. The van der Waals surface area contributed by atoms with Crippen LogP contribution in [-0.4, -0.2) is 37.0 Å². The van der Waals surface area contributed by atoms with Gasteiger partial charge >= 0.3 is 0 Å². The lowest BCUT2D eigenvalue weighted by atomic mass is 9.98. The zero-order valence-corrected chi connectivity index (χ0v) is 11.5. The Morgan fingerprint density at radius 2 is 2.16 bits per heavy atom. The van der Waals surface area contributed by atoms with Crippen molar-refractivity contribution in [1.82, 2.24) is 4.90 Å². The summed E-state index contributed by atoms with van der Waals surface area (Å²) < 4.78 is 5.45. The summed E-state index contributed by atoms with van der Waals surface area (Å²) in [7, 11) is 0. The Hall–Kier alpha value is -1.55. The van der Waals surface area contributed by atoms with Crippen molar-refractivity contribution in [3.8, 4) is 5.75 Å². The van der Waals surface area contributed by atoms with Gasteiger partial charge in [-0.15, -0.1) is 0 Å². The van der Waals surface area contributed by atoms with Gasteiger partial charge in [0, 0.05) is 25.2 Å². The topological polar surface area (TPSA) is 55.6 Å². The molecule has 0 bridgehead atoms. The maximum absolute atomic E-state index is 12.4. The molecule has 1 aromatic rings. The van der Waals surface area contributed by atoms with Crippen molar-refractivity contribution in [1.29, 1.82) is 0 Å². The Morgan fingerprint density at radius 3 is 2.84 bits per heavy atom. The summed E-state index contributed by atoms with van der Waals surface area (Å²) in [6.07, 6.45) is 2.18. The minimum absolute atomic E-state index is 0.102. The Balaban J connectivity index is 2.02. The average Bonchev–Trinajstić information content (AvgIpc) is 2.45. The Morgan fingerprint density at radius 1 is 1.42 bits per heavy atom. The Labute approximate surface area is 114 Å². The first-order valence-corrected chi connectivity index (χ1v) is 6.93. The van der Waals surface area contributed by atoms with E-state index in [-0.39, 0.29) is 5.91 Å². The number of benzene rings is 1. The molecule has 0 unspecified atom stereocenters. The van der Waals surface area contributed by atoms with Gasteiger partial charge in [0.25, 0.3) is 5.91 Å². The van der Waals surface area contributed by atoms with Gasteiger partial charge in [-0.1, -0.05) is 13.0 Å². The molecule has 1 heterocycles. The molecule has 1 aromatic carbocycles. The van der Waals surface area contributed by atoms with Gasteiger partial charge in [0.2, 0.25) is 0 Å². The highest BCUT2D eigenvalue weighted by Gasteiger charge is 2.21. The van der Waals surface area contributed by atoms with Gasteiger partial charge in [-0.05, 0) is 37.0 Å². The number of nitrogens with two attached hydrogens (primary N) is 1. The van der Waals surface area contributed by atoms with E-state index in [4.69, 9.17) is 10.5 Å². The van der Waals surface area contributed by atoms with E-state index in [0.717, 1.165) is 31.8 Å². The number of carbonyl (C=O) groups excluding carboxylic acids is 1. The fraction of sp³-hybridized carbons (Fsp3) is 0.533. The summed E-state index contributed by atoms with van der Waals surface area (Å²) in [6, 6.07) is 7.35. The predicted molar refractivity (Wildman–Crippen MR) is 75.3 cm³/mol. The van der Waals surface area contributed by atoms with Crippen LogP contribution < -0.4 is 10.5 Å². The number of ether oxygens (including phenoxy) is 1. The number of amides is 1.